The molecule has 3 aromatic rings. The Morgan fingerprint density at radius 3 is 2.39 bits per heavy atom. The van der Waals surface area contributed by atoms with Crippen LogP contribution in [0.3, 0.4) is 0 Å². The van der Waals surface area contributed by atoms with E-state index in [9.17, 15) is 14.0 Å². The highest BCUT2D eigenvalue weighted by Crippen LogP contribution is 2.19. The lowest BCUT2D eigenvalue weighted by Crippen LogP contribution is -2.30. The van der Waals surface area contributed by atoms with E-state index in [0.29, 0.717) is 36.2 Å². The summed E-state index contributed by atoms with van der Waals surface area (Å²) in [6.07, 6.45) is 1.44. The van der Waals surface area contributed by atoms with E-state index in [2.05, 4.69) is 6.07 Å². The molecule has 0 N–H and O–H groups in total. The van der Waals surface area contributed by atoms with Crippen LogP contribution in [0.5, 0.6) is 0 Å². The zero-order valence-electron chi connectivity index (χ0n) is 18.2. The maximum atomic E-state index is 13.8. The van der Waals surface area contributed by atoms with Gasteiger partial charge in [0.2, 0.25) is 5.91 Å². The zero-order chi connectivity index (χ0) is 23.2. The lowest BCUT2D eigenvalue weighted by atomic mass is 10.1. The minimum absolute atomic E-state index is 0.139. The highest BCUT2D eigenvalue weighted by atomic mass is 19.1. The molecule has 0 spiro atoms. The van der Waals surface area contributed by atoms with Gasteiger partial charge in [0.25, 0.3) is 5.91 Å². The number of likely N-dealkylation sites (tertiary alicyclic amines) is 1. The Morgan fingerprint density at radius 2 is 1.70 bits per heavy atom. The molecule has 0 aromatic heterocycles. The van der Waals surface area contributed by atoms with Crippen LogP contribution in [0.1, 0.15) is 45.5 Å². The predicted molar refractivity (Wildman–Crippen MR) is 122 cm³/mol. The van der Waals surface area contributed by atoms with E-state index in [-0.39, 0.29) is 24.2 Å². The van der Waals surface area contributed by atoms with Gasteiger partial charge in [-0.05, 0) is 59.5 Å². The van der Waals surface area contributed by atoms with Crippen molar-refractivity contribution in [3.8, 4) is 6.07 Å². The van der Waals surface area contributed by atoms with Gasteiger partial charge in [0.1, 0.15) is 5.82 Å². The van der Waals surface area contributed by atoms with Crippen molar-refractivity contribution in [2.75, 3.05) is 6.54 Å². The molecule has 0 unspecified atom stereocenters. The van der Waals surface area contributed by atoms with E-state index in [1.165, 1.54) is 12.1 Å². The minimum atomic E-state index is -0.351. The number of nitrogens with zero attached hydrogens (tertiary/aromatic N) is 3. The Kier molecular flexibility index (Phi) is 6.80. The van der Waals surface area contributed by atoms with Gasteiger partial charge in [-0.1, -0.05) is 36.4 Å². The molecule has 2 amide bonds. The van der Waals surface area contributed by atoms with Crippen molar-refractivity contribution in [3.63, 3.8) is 0 Å². The molecule has 0 atom stereocenters. The van der Waals surface area contributed by atoms with Gasteiger partial charge >= 0.3 is 0 Å². The summed E-state index contributed by atoms with van der Waals surface area (Å²) in [5.74, 6) is -0.394. The summed E-state index contributed by atoms with van der Waals surface area (Å²) in [6, 6.07) is 22.7. The Labute approximate surface area is 192 Å². The third kappa shape index (κ3) is 5.64. The fraction of sp³-hybridized carbons (Fsp3) is 0.222. The fourth-order valence-corrected chi connectivity index (χ4v) is 4.04. The molecule has 0 bridgehead atoms. The van der Waals surface area contributed by atoms with Crippen molar-refractivity contribution in [1.29, 1.82) is 5.26 Å². The number of hydrogen-bond donors (Lipinski definition) is 0. The maximum absolute atomic E-state index is 13.8. The van der Waals surface area contributed by atoms with Crippen molar-refractivity contribution >= 4 is 11.8 Å². The summed E-state index contributed by atoms with van der Waals surface area (Å²) in [7, 11) is 0. The first-order valence-electron chi connectivity index (χ1n) is 10.9. The number of benzene rings is 3. The van der Waals surface area contributed by atoms with Gasteiger partial charge in [0.15, 0.2) is 0 Å². The average molecular weight is 442 g/mol. The number of amides is 2. The molecular formula is C27H24FN3O2. The number of nitriles is 1. The van der Waals surface area contributed by atoms with Crippen LogP contribution in [0.2, 0.25) is 0 Å². The van der Waals surface area contributed by atoms with Crippen molar-refractivity contribution < 1.29 is 14.0 Å². The average Bonchev–Trinajstić information content (AvgIpc) is 3.23. The molecule has 1 saturated heterocycles. The molecule has 6 heteroatoms. The van der Waals surface area contributed by atoms with Crippen LogP contribution < -0.4 is 0 Å². The van der Waals surface area contributed by atoms with Crippen molar-refractivity contribution in [2.24, 2.45) is 0 Å². The van der Waals surface area contributed by atoms with Crippen molar-refractivity contribution in [1.82, 2.24) is 9.80 Å². The molecule has 0 aliphatic carbocycles. The SMILES string of the molecule is N#Cc1ccc(CN(Cc2cccc(F)c2)C(=O)c2cccc(CN3CCCC3=O)c2)cc1. The molecule has 1 fully saturated rings. The lowest BCUT2D eigenvalue weighted by molar-refractivity contribution is -0.128. The first kappa shape index (κ1) is 22.2. The van der Waals surface area contributed by atoms with E-state index in [1.54, 1.807) is 35.2 Å². The third-order valence-corrected chi connectivity index (χ3v) is 5.72. The summed E-state index contributed by atoms with van der Waals surface area (Å²) in [5, 5.41) is 9.04. The summed E-state index contributed by atoms with van der Waals surface area (Å²) in [5.41, 5.74) is 3.53. The van der Waals surface area contributed by atoms with E-state index >= 15 is 0 Å². The van der Waals surface area contributed by atoms with E-state index in [4.69, 9.17) is 5.26 Å². The van der Waals surface area contributed by atoms with Gasteiger partial charge in [-0.2, -0.15) is 5.26 Å². The van der Waals surface area contributed by atoms with Crippen LogP contribution in [-0.2, 0) is 24.4 Å². The summed E-state index contributed by atoms with van der Waals surface area (Å²) in [4.78, 5) is 29.0. The molecule has 1 aliphatic heterocycles. The number of carbonyl (C=O) groups excluding carboxylic acids is 2. The second-order valence-electron chi connectivity index (χ2n) is 8.22. The summed E-state index contributed by atoms with van der Waals surface area (Å²) < 4.78 is 13.8. The largest absolute Gasteiger partial charge is 0.338 e. The fourth-order valence-electron chi connectivity index (χ4n) is 4.04. The van der Waals surface area contributed by atoms with Gasteiger partial charge < -0.3 is 9.80 Å². The minimum Gasteiger partial charge on any atom is -0.338 e. The molecular weight excluding hydrogens is 417 g/mol. The zero-order valence-corrected chi connectivity index (χ0v) is 18.2. The van der Waals surface area contributed by atoms with Crippen molar-refractivity contribution in [3.05, 3.63) is 106 Å². The van der Waals surface area contributed by atoms with E-state index < -0.39 is 0 Å². The van der Waals surface area contributed by atoms with E-state index in [0.717, 1.165) is 24.1 Å². The quantitative estimate of drug-likeness (QED) is 0.536. The van der Waals surface area contributed by atoms with Gasteiger partial charge in [-0.3, -0.25) is 9.59 Å². The Bertz CT molecular complexity index is 1200. The highest BCUT2D eigenvalue weighted by molar-refractivity contribution is 5.94. The molecule has 3 aromatic carbocycles. The standard InChI is InChI=1S/C27H24FN3O2/c28-25-7-2-5-23(15-25)19-31(17-21-11-9-20(16-29)10-12-21)27(33)24-6-1-4-22(14-24)18-30-13-3-8-26(30)32/h1-2,4-7,9-12,14-15H,3,8,13,17-19H2. The molecule has 1 heterocycles. The van der Waals surface area contributed by atoms with Crippen LogP contribution in [-0.4, -0.2) is 28.2 Å². The first-order chi connectivity index (χ1) is 16.0. The molecule has 33 heavy (non-hydrogen) atoms. The smallest absolute Gasteiger partial charge is 0.254 e. The maximum Gasteiger partial charge on any atom is 0.254 e. The van der Waals surface area contributed by atoms with Crippen LogP contribution in [0, 0.1) is 17.1 Å². The third-order valence-electron chi connectivity index (χ3n) is 5.72. The molecule has 5 nitrogen and oxygen atoms in total. The molecule has 166 valence electrons. The van der Waals surface area contributed by atoms with Crippen LogP contribution in [0.15, 0.2) is 72.8 Å². The topological polar surface area (TPSA) is 64.4 Å². The van der Waals surface area contributed by atoms with E-state index in [1.807, 2.05) is 35.2 Å². The number of halogens is 1. The van der Waals surface area contributed by atoms with Gasteiger partial charge in [-0.25, -0.2) is 4.39 Å². The van der Waals surface area contributed by atoms with Crippen LogP contribution in [0.25, 0.3) is 0 Å². The van der Waals surface area contributed by atoms with Crippen molar-refractivity contribution in [2.45, 2.75) is 32.5 Å². The van der Waals surface area contributed by atoms with Crippen LogP contribution in [0.4, 0.5) is 4.39 Å². The van der Waals surface area contributed by atoms with Gasteiger partial charge in [0.05, 0.1) is 11.6 Å². The van der Waals surface area contributed by atoms with Gasteiger partial charge in [0, 0.05) is 38.2 Å². The first-order valence-corrected chi connectivity index (χ1v) is 10.9. The predicted octanol–water partition coefficient (Wildman–Crippen LogP) is 4.66. The molecule has 1 aliphatic rings. The lowest BCUT2D eigenvalue weighted by Gasteiger charge is -2.24. The normalized spacial score (nSPS) is 13.1. The summed E-state index contributed by atoms with van der Waals surface area (Å²) in [6.45, 7) is 1.78. The Hall–Kier alpha value is -3.98. The summed E-state index contributed by atoms with van der Waals surface area (Å²) >= 11 is 0. The Morgan fingerprint density at radius 1 is 0.970 bits per heavy atom. The molecule has 0 saturated carbocycles. The molecule has 4 rings (SSSR count). The number of carbonyl (C=O) groups is 2. The second-order valence-corrected chi connectivity index (χ2v) is 8.22. The van der Waals surface area contributed by atoms with Gasteiger partial charge in [-0.15, -0.1) is 0 Å². The number of hydrogen-bond acceptors (Lipinski definition) is 3. The second kappa shape index (κ2) is 10.1. The monoisotopic (exact) mass is 441 g/mol. The number of rotatable bonds is 7. The highest BCUT2D eigenvalue weighted by Gasteiger charge is 2.21. The Balaban J connectivity index is 1.58. The van der Waals surface area contributed by atoms with Crippen LogP contribution >= 0.6 is 0 Å². The molecule has 0 radical (unpaired) electrons.